The Hall–Kier alpha value is -1.79. The molecule has 4 rings (SSSR count). The highest BCUT2D eigenvalue weighted by Crippen LogP contribution is 2.31. The minimum absolute atomic E-state index is 0. The van der Waals surface area contributed by atoms with E-state index in [-0.39, 0.29) is 20.9 Å². The Bertz CT molecular complexity index is 815. The molecule has 1 saturated heterocycles. The van der Waals surface area contributed by atoms with Crippen LogP contribution in [0.2, 0.25) is 0 Å². The van der Waals surface area contributed by atoms with E-state index >= 15 is 0 Å². The first-order valence-electron chi connectivity index (χ1n) is 10.0. The Morgan fingerprint density at radius 2 is 2.10 bits per heavy atom. The lowest BCUT2D eigenvalue weighted by Crippen LogP contribution is -2.26. The van der Waals surface area contributed by atoms with Gasteiger partial charge < -0.3 is 9.47 Å². The van der Waals surface area contributed by atoms with Gasteiger partial charge in [0, 0.05) is 29.9 Å². The molecule has 0 amide bonds. The molecule has 5 nitrogen and oxygen atoms in total. The van der Waals surface area contributed by atoms with E-state index in [1.807, 2.05) is 6.92 Å². The van der Waals surface area contributed by atoms with Crippen LogP contribution in [0.15, 0.2) is 24.3 Å². The van der Waals surface area contributed by atoms with Crippen LogP contribution in [-0.4, -0.2) is 41.7 Å². The summed E-state index contributed by atoms with van der Waals surface area (Å²) in [5.74, 6) is 2.22. The van der Waals surface area contributed by atoms with Crippen LogP contribution >= 0.6 is 13.5 Å². The average molecular weight is 418 g/mol. The highest BCUT2D eigenvalue weighted by molar-refractivity contribution is 7.59. The number of likely N-dealkylation sites (tertiary alicyclic amines) is 1. The first-order chi connectivity index (χ1) is 13.1. The van der Waals surface area contributed by atoms with Crippen LogP contribution in [0.4, 0.5) is 0 Å². The lowest BCUT2D eigenvalue weighted by molar-refractivity contribution is 0.240. The van der Waals surface area contributed by atoms with Crippen molar-refractivity contribution in [1.82, 2.24) is 14.9 Å². The van der Waals surface area contributed by atoms with E-state index in [2.05, 4.69) is 41.1 Å². The maximum atomic E-state index is 5.76. The zero-order valence-electron chi connectivity index (χ0n) is 17.1. The van der Waals surface area contributed by atoms with Crippen LogP contribution in [0.5, 0.6) is 11.8 Å². The molecule has 2 aromatic rings. The molecule has 2 aliphatic rings. The number of fused-ring (bicyclic) bond motifs is 1. The molecule has 4 heterocycles. The number of pyridine rings is 2. The molecular weight excluding hydrogens is 382 g/mol. The molecule has 0 bridgehead atoms. The summed E-state index contributed by atoms with van der Waals surface area (Å²) in [5.41, 5.74) is 4.71. The molecule has 0 unspecified atom stereocenters. The Morgan fingerprint density at radius 1 is 1.28 bits per heavy atom. The monoisotopic (exact) mass is 417 g/mol. The predicted molar refractivity (Wildman–Crippen MR) is 122 cm³/mol. The number of rotatable bonds is 5. The van der Waals surface area contributed by atoms with E-state index < -0.39 is 0 Å². The van der Waals surface area contributed by atoms with Crippen molar-refractivity contribution in [3.05, 3.63) is 46.8 Å². The molecule has 2 aliphatic heterocycles. The molecule has 2 atom stereocenters. The number of ether oxygens (including phenoxy) is 2. The fourth-order valence-electron chi connectivity index (χ4n) is 4.29. The predicted octanol–water partition coefficient (Wildman–Crippen LogP) is 4.49. The largest absolute Gasteiger partial charge is 0.481 e. The molecule has 2 aromatic heterocycles. The maximum absolute atomic E-state index is 5.76. The Balaban J connectivity index is 0.00000150. The molecule has 29 heavy (non-hydrogen) atoms. The van der Waals surface area contributed by atoms with Crippen molar-refractivity contribution >= 4 is 13.5 Å². The number of methoxy groups -OCH3 is 1. The lowest BCUT2D eigenvalue weighted by atomic mass is 9.99. The van der Waals surface area contributed by atoms with E-state index in [4.69, 9.17) is 14.5 Å². The van der Waals surface area contributed by atoms with Crippen LogP contribution < -0.4 is 9.47 Å². The fourth-order valence-corrected chi connectivity index (χ4v) is 4.29. The Labute approximate surface area is 182 Å². The van der Waals surface area contributed by atoms with Gasteiger partial charge in [-0.3, -0.25) is 4.90 Å². The summed E-state index contributed by atoms with van der Waals surface area (Å²) in [6.07, 6.45) is 4.47. The molecule has 160 valence electrons. The topological polar surface area (TPSA) is 47.5 Å². The van der Waals surface area contributed by atoms with Gasteiger partial charge in [-0.1, -0.05) is 13.5 Å². The van der Waals surface area contributed by atoms with E-state index in [0.717, 1.165) is 56.2 Å². The maximum Gasteiger partial charge on any atom is 0.216 e. The molecule has 0 N–H and O–H groups in total. The molecule has 0 radical (unpaired) electrons. The van der Waals surface area contributed by atoms with Crippen LogP contribution in [-0.2, 0) is 12.8 Å². The standard InChI is InChI=1S/C22H29N3O2.CH4.H2S/c1-15-11-18(13-21(23-15)26-3)12-17-8-9-25(14-17)16(2)20-7-6-19-5-4-10-27-22(19)24-20;;/h6-7,11,13,16-17H,4-5,8-10,12,14H2,1-3H3;1H4;1H2/t16-,17-;;/m1../s1. The van der Waals surface area contributed by atoms with Crippen molar-refractivity contribution in [1.29, 1.82) is 0 Å². The number of aromatic nitrogens is 2. The summed E-state index contributed by atoms with van der Waals surface area (Å²) in [7, 11) is 1.68. The van der Waals surface area contributed by atoms with Gasteiger partial charge in [0.15, 0.2) is 0 Å². The molecular formula is C23H35N3O2S. The Morgan fingerprint density at radius 3 is 2.90 bits per heavy atom. The highest BCUT2D eigenvalue weighted by Gasteiger charge is 2.28. The second-order valence-electron chi connectivity index (χ2n) is 7.84. The summed E-state index contributed by atoms with van der Waals surface area (Å²) in [6.45, 7) is 7.30. The normalized spacial score (nSPS) is 19.3. The molecule has 1 fully saturated rings. The average Bonchev–Trinajstić information content (AvgIpc) is 3.15. The van der Waals surface area contributed by atoms with E-state index in [1.54, 1.807) is 7.11 Å². The third kappa shape index (κ3) is 5.43. The van der Waals surface area contributed by atoms with Gasteiger partial charge in [0.25, 0.3) is 0 Å². The summed E-state index contributed by atoms with van der Waals surface area (Å²) in [4.78, 5) is 11.8. The zero-order chi connectivity index (χ0) is 18.8. The smallest absolute Gasteiger partial charge is 0.216 e. The number of hydrogen-bond donors (Lipinski definition) is 0. The molecule has 0 aliphatic carbocycles. The summed E-state index contributed by atoms with van der Waals surface area (Å²) in [5, 5.41) is 0. The van der Waals surface area contributed by atoms with Crippen molar-refractivity contribution in [2.75, 3.05) is 26.8 Å². The Kier molecular flexibility index (Phi) is 8.34. The second kappa shape index (κ2) is 10.3. The van der Waals surface area contributed by atoms with E-state index in [1.165, 1.54) is 17.5 Å². The minimum Gasteiger partial charge on any atom is -0.481 e. The van der Waals surface area contributed by atoms with Crippen molar-refractivity contribution in [2.24, 2.45) is 5.92 Å². The van der Waals surface area contributed by atoms with Gasteiger partial charge in [0.1, 0.15) is 0 Å². The van der Waals surface area contributed by atoms with Gasteiger partial charge in [-0.15, -0.1) is 0 Å². The van der Waals surface area contributed by atoms with Crippen LogP contribution in [0, 0.1) is 12.8 Å². The SMILES string of the molecule is C.COc1cc(C[C@H]2CCN([C@H](C)c3ccc4c(n3)OCCC4)C2)cc(C)n1.S. The van der Waals surface area contributed by atoms with Gasteiger partial charge in [-0.05, 0) is 69.7 Å². The fraction of sp³-hybridized carbons (Fsp3) is 0.565. The first-order valence-corrected chi connectivity index (χ1v) is 10.0. The van der Waals surface area contributed by atoms with Gasteiger partial charge in [0.2, 0.25) is 11.8 Å². The van der Waals surface area contributed by atoms with Crippen molar-refractivity contribution < 1.29 is 9.47 Å². The van der Waals surface area contributed by atoms with Crippen LogP contribution in [0.1, 0.15) is 55.7 Å². The minimum atomic E-state index is 0. The van der Waals surface area contributed by atoms with E-state index in [9.17, 15) is 0 Å². The quantitative estimate of drug-likeness (QED) is 0.717. The van der Waals surface area contributed by atoms with Gasteiger partial charge in [-0.2, -0.15) is 13.5 Å². The molecule has 0 saturated carbocycles. The third-order valence-electron chi connectivity index (χ3n) is 5.81. The summed E-state index contributed by atoms with van der Waals surface area (Å²) in [6, 6.07) is 8.95. The van der Waals surface area contributed by atoms with Crippen LogP contribution in [0.3, 0.4) is 0 Å². The summed E-state index contributed by atoms with van der Waals surface area (Å²) < 4.78 is 11.1. The van der Waals surface area contributed by atoms with E-state index in [0.29, 0.717) is 17.8 Å². The summed E-state index contributed by atoms with van der Waals surface area (Å²) >= 11 is 0. The lowest BCUT2D eigenvalue weighted by Gasteiger charge is -2.25. The number of aryl methyl sites for hydroxylation is 2. The van der Waals surface area contributed by atoms with Gasteiger partial charge in [0.05, 0.1) is 19.4 Å². The molecule has 6 heteroatoms. The number of nitrogens with zero attached hydrogens (tertiary/aromatic N) is 3. The first kappa shape index (κ1) is 23.5. The number of hydrogen-bond acceptors (Lipinski definition) is 5. The molecule has 0 aromatic carbocycles. The van der Waals surface area contributed by atoms with Gasteiger partial charge in [-0.25, -0.2) is 9.97 Å². The van der Waals surface area contributed by atoms with Crippen LogP contribution in [0.25, 0.3) is 0 Å². The van der Waals surface area contributed by atoms with Crippen molar-refractivity contribution in [3.63, 3.8) is 0 Å². The zero-order valence-corrected chi connectivity index (χ0v) is 18.1. The third-order valence-corrected chi connectivity index (χ3v) is 5.81. The molecule has 0 spiro atoms. The van der Waals surface area contributed by atoms with Gasteiger partial charge >= 0.3 is 0 Å². The second-order valence-corrected chi connectivity index (χ2v) is 7.84. The van der Waals surface area contributed by atoms with Crippen molar-refractivity contribution in [2.45, 2.75) is 53.0 Å². The highest BCUT2D eigenvalue weighted by atomic mass is 32.1. The van der Waals surface area contributed by atoms with Crippen molar-refractivity contribution in [3.8, 4) is 11.8 Å².